The highest BCUT2D eigenvalue weighted by atomic mass is 79.9. The van der Waals surface area contributed by atoms with E-state index in [4.69, 9.17) is 0 Å². The fourth-order valence-corrected chi connectivity index (χ4v) is 12.5. The molecule has 3 nitrogen and oxygen atoms in total. The number of unbranched alkanes of at least 4 members (excludes halogenated alkanes) is 10. The zero-order chi connectivity index (χ0) is 38.6. The van der Waals surface area contributed by atoms with Gasteiger partial charge in [-0.15, -0.1) is 22.7 Å². The van der Waals surface area contributed by atoms with E-state index in [-0.39, 0.29) is 23.4 Å². The number of hydrogen-bond acceptors (Lipinski definition) is 5. The number of ketones is 2. The molecule has 3 aromatic carbocycles. The number of rotatable bonds is 18. The number of thiophene rings is 2. The van der Waals surface area contributed by atoms with Gasteiger partial charge in [-0.3, -0.25) is 9.59 Å². The molecule has 0 radical (unpaired) electrons. The third kappa shape index (κ3) is 7.62. The fourth-order valence-electron chi connectivity index (χ4n) is 9.00. The summed E-state index contributed by atoms with van der Waals surface area (Å²) in [6, 6.07) is 29.9. The maximum Gasteiger partial charge on any atom is 0.195 e. The summed E-state index contributed by atoms with van der Waals surface area (Å²) in [5.74, 6) is 0.0876. The Balaban J connectivity index is 1.11. The molecule has 0 saturated carbocycles. The topological polar surface area (TPSA) is 37.4 Å². The molecule has 6 heteroatoms. The summed E-state index contributed by atoms with van der Waals surface area (Å²) in [7, 11) is 0. The largest absolute Gasteiger partial charge is 0.311 e. The molecule has 2 unspecified atom stereocenters. The molecule has 0 bridgehead atoms. The summed E-state index contributed by atoms with van der Waals surface area (Å²) in [6.45, 7) is 4.51. The fraction of sp³-hybridized carbons (Fsp3) is 0.360. The normalized spacial score (nSPS) is 16.7. The van der Waals surface area contributed by atoms with Crippen LogP contribution in [0.2, 0.25) is 0 Å². The van der Waals surface area contributed by atoms with Gasteiger partial charge in [0, 0.05) is 59.9 Å². The van der Waals surface area contributed by atoms with Crippen molar-refractivity contribution in [3.63, 3.8) is 0 Å². The summed E-state index contributed by atoms with van der Waals surface area (Å²) in [5.41, 5.74) is 10.4. The van der Waals surface area contributed by atoms with Crippen LogP contribution in [0.15, 0.2) is 106 Å². The molecule has 56 heavy (non-hydrogen) atoms. The highest BCUT2D eigenvalue weighted by Crippen LogP contribution is 2.57. The van der Waals surface area contributed by atoms with Crippen molar-refractivity contribution >= 4 is 72.8 Å². The van der Waals surface area contributed by atoms with Gasteiger partial charge in [0.15, 0.2) is 11.6 Å². The molecule has 5 aromatic rings. The van der Waals surface area contributed by atoms with Crippen molar-refractivity contribution in [2.45, 2.75) is 110 Å². The first-order valence-corrected chi connectivity index (χ1v) is 23.4. The first-order chi connectivity index (χ1) is 27.5. The number of fused-ring (bicyclic) bond motifs is 6. The molecule has 0 fully saturated rings. The third-order valence-electron chi connectivity index (χ3n) is 11.9. The Morgan fingerprint density at radius 1 is 0.554 bits per heavy atom. The van der Waals surface area contributed by atoms with Crippen LogP contribution in [0.3, 0.4) is 0 Å². The zero-order valence-electron chi connectivity index (χ0n) is 32.7. The summed E-state index contributed by atoms with van der Waals surface area (Å²) in [5, 5.41) is 0. The van der Waals surface area contributed by atoms with Gasteiger partial charge < -0.3 is 4.90 Å². The first-order valence-electron chi connectivity index (χ1n) is 21.0. The van der Waals surface area contributed by atoms with Crippen LogP contribution in [0.5, 0.6) is 0 Å². The van der Waals surface area contributed by atoms with Crippen LogP contribution in [0.25, 0.3) is 16.0 Å². The van der Waals surface area contributed by atoms with Crippen molar-refractivity contribution in [2.75, 3.05) is 4.90 Å². The van der Waals surface area contributed by atoms with Gasteiger partial charge in [0.25, 0.3) is 0 Å². The number of nitrogens with zero attached hydrogens (tertiary/aromatic N) is 1. The number of hydrogen-bond donors (Lipinski definition) is 0. The lowest BCUT2D eigenvalue weighted by Gasteiger charge is -2.25. The smallest absolute Gasteiger partial charge is 0.195 e. The molecule has 0 saturated heterocycles. The molecule has 3 aliphatic rings. The highest BCUT2D eigenvalue weighted by molar-refractivity contribution is 9.11. The van der Waals surface area contributed by atoms with Crippen molar-refractivity contribution in [1.82, 2.24) is 0 Å². The summed E-state index contributed by atoms with van der Waals surface area (Å²) in [4.78, 5) is 34.6. The van der Waals surface area contributed by atoms with Gasteiger partial charge in [0.1, 0.15) is 0 Å². The number of carbonyl (C=O) groups is 2. The minimum atomic E-state index is -0.237. The van der Waals surface area contributed by atoms with Gasteiger partial charge in [-0.2, -0.15) is 0 Å². The summed E-state index contributed by atoms with van der Waals surface area (Å²) < 4.78 is 1.10. The monoisotopic (exact) mass is 841 g/mol. The summed E-state index contributed by atoms with van der Waals surface area (Å²) in [6.07, 6.45) is 20.8. The molecule has 2 atom stereocenters. The lowest BCUT2D eigenvalue weighted by Crippen LogP contribution is -2.16. The molecule has 2 aromatic heterocycles. The van der Waals surface area contributed by atoms with Crippen LogP contribution in [0.4, 0.5) is 17.1 Å². The predicted octanol–water partition coefficient (Wildman–Crippen LogP) is 15.6. The van der Waals surface area contributed by atoms with Crippen LogP contribution in [-0.4, -0.2) is 11.6 Å². The van der Waals surface area contributed by atoms with Crippen LogP contribution < -0.4 is 4.90 Å². The lowest BCUT2D eigenvalue weighted by atomic mass is 9.84. The van der Waals surface area contributed by atoms with E-state index in [1.807, 2.05) is 0 Å². The summed E-state index contributed by atoms with van der Waals surface area (Å²) >= 11 is 7.32. The highest BCUT2D eigenvalue weighted by Gasteiger charge is 2.47. The second-order valence-corrected chi connectivity index (χ2v) is 19.1. The number of allylic oxidation sites excluding steroid dienone is 4. The molecule has 3 aliphatic carbocycles. The average Bonchev–Trinajstić information content (AvgIpc) is 3.92. The average molecular weight is 843 g/mol. The van der Waals surface area contributed by atoms with Gasteiger partial charge in [0.2, 0.25) is 0 Å². The molecule has 0 N–H and O–H groups in total. The Morgan fingerprint density at radius 3 is 1.70 bits per heavy atom. The Kier molecular flexibility index (Phi) is 12.4. The molecule has 0 aliphatic heterocycles. The van der Waals surface area contributed by atoms with E-state index in [1.54, 1.807) is 22.7 Å². The van der Waals surface area contributed by atoms with E-state index in [9.17, 15) is 9.59 Å². The first kappa shape index (κ1) is 39.0. The van der Waals surface area contributed by atoms with E-state index >= 15 is 0 Å². The SMILES string of the molecule is CCCCCCCCc1c(-c2ccc(N(c3ccccc3)c3ccccc3)cc2)sc2c1C(=O)C1=CC3c4sc(Br)c(CCCCCCCC)c4C(=O)C3C=C12. The molecule has 0 amide bonds. The third-order valence-corrected chi connectivity index (χ3v) is 15.3. The van der Waals surface area contributed by atoms with E-state index in [0.29, 0.717) is 0 Å². The maximum absolute atomic E-state index is 14.6. The Morgan fingerprint density at radius 2 is 1.09 bits per heavy atom. The second kappa shape index (κ2) is 17.7. The van der Waals surface area contributed by atoms with Gasteiger partial charge in [-0.1, -0.05) is 139 Å². The molecule has 8 rings (SSSR count). The quantitative estimate of drug-likeness (QED) is 0.0825. The Hall–Kier alpha value is -3.84. The van der Waals surface area contributed by atoms with Gasteiger partial charge in [-0.25, -0.2) is 0 Å². The van der Waals surface area contributed by atoms with Crippen LogP contribution in [-0.2, 0) is 12.8 Å². The van der Waals surface area contributed by atoms with Crippen molar-refractivity contribution < 1.29 is 9.59 Å². The van der Waals surface area contributed by atoms with Gasteiger partial charge in [-0.05, 0) is 94.7 Å². The number of para-hydroxylation sites is 2. The number of Topliss-reactive ketones (excluding diaryl/α,β-unsaturated/α-hetero) is 2. The lowest BCUT2D eigenvalue weighted by molar-refractivity contribution is 0.0951. The predicted molar refractivity (Wildman–Crippen MR) is 242 cm³/mol. The van der Waals surface area contributed by atoms with E-state index in [2.05, 4.69) is 132 Å². The van der Waals surface area contributed by atoms with E-state index in [0.717, 1.165) is 84.1 Å². The molecule has 2 heterocycles. The minimum absolute atomic E-state index is 0.0555. The minimum Gasteiger partial charge on any atom is -0.311 e. The number of carbonyl (C=O) groups excluding carboxylic acids is 2. The Labute approximate surface area is 349 Å². The van der Waals surface area contributed by atoms with Crippen molar-refractivity contribution in [1.29, 1.82) is 0 Å². The van der Waals surface area contributed by atoms with Gasteiger partial charge in [0.05, 0.1) is 9.70 Å². The zero-order valence-corrected chi connectivity index (χ0v) is 36.0. The van der Waals surface area contributed by atoms with Crippen LogP contribution in [0, 0.1) is 5.92 Å². The maximum atomic E-state index is 14.6. The molecular formula is C50H52BrNO2S2. The van der Waals surface area contributed by atoms with E-state index in [1.165, 1.54) is 80.2 Å². The number of anilines is 3. The molecule has 288 valence electrons. The number of halogens is 1. The van der Waals surface area contributed by atoms with Crippen LogP contribution >= 0.6 is 38.6 Å². The van der Waals surface area contributed by atoms with Crippen molar-refractivity contribution in [3.05, 3.63) is 138 Å². The molecular weight excluding hydrogens is 791 g/mol. The standard InChI is InChI=1S/C50H52BrNO2S2/c1-3-5-7-9-11-19-25-37-43-45(53)39-32-42-40(46(54)44-38(50(51)56-49(42)44)26-20-12-10-8-6-4-2)31-41(39)48(43)55-47(37)33-27-29-36(30-28-33)52(34-21-15-13-16-22-34)35-23-17-14-18-24-35/h13-18,21-24,27-32,40,42H,3-12,19-20,25-26H2,1-2H3. The number of benzene rings is 3. The molecule has 0 spiro atoms. The Bertz CT molecular complexity index is 2210. The van der Waals surface area contributed by atoms with Crippen LogP contribution in [0.1, 0.15) is 138 Å². The van der Waals surface area contributed by atoms with Gasteiger partial charge >= 0.3 is 0 Å². The van der Waals surface area contributed by atoms with E-state index < -0.39 is 0 Å². The second-order valence-electron chi connectivity index (χ2n) is 15.7. The van der Waals surface area contributed by atoms with Crippen molar-refractivity contribution in [2.24, 2.45) is 5.92 Å². The van der Waals surface area contributed by atoms with Crippen molar-refractivity contribution in [3.8, 4) is 10.4 Å².